The van der Waals surface area contributed by atoms with Crippen molar-refractivity contribution in [2.24, 2.45) is 5.73 Å². The molecular weight excluding hydrogens is 242 g/mol. The second-order valence-electron chi connectivity index (χ2n) is 3.96. The van der Waals surface area contributed by atoms with Gasteiger partial charge in [0.2, 0.25) is 12.3 Å². The second kappa shape index (κ2) is 11.2. The fourth-order valence-electron chi connectivity index (χ4n) is 1.69. The van der Waals surface area contributed by atoms with E-state index in [0.717, 1.165) is 25.9 Å². The van der Waals surface area contributed by atoms with Gasteiger partial charge in [-0.3, -0.25) is 14.6 Å². The number of amides is 2. The topological polar surface area (TPSA) is 76.3 Å². The van der Waals surface area contributed by atoms with Gasteiger partial charge in [0.1, 0.15) is 0 Å². The highest BCUT2D eigenvalue weighted by atomic mass is 16.2. The minimum Gasteiger partial charge on any atom is -0.372 e. The lowest BCUT2D eigenvalue weighted by molar-refractivity contribution is -0.131. The van der Waals surface area contributed by atoms with Gasteiger partial charge < -0.3 is 10.6 Å². The molecule has 19 heavy (non-hydrogen) atoms. The molecule has 5 heteroatoms. The first-order valence-electron chi connectivity index (χ1n) is 6.51. The van der Waals surface area contributed by atoms with E-state index < -0.39 is 0 Å². The Morgan fingerprint density at radius 2 is 1.95 bits per heavy atom. The number of pyridine rings is 1. The first-order valence-corrected chi connectivity index (χ1v) is 6.51. The van der Waals surface area contributed by atoms with E-state index in [1.165, 1.54) is 5.56 Å². The summed E-state index contributed by atoms with van der Waals surface area (Å²) in [7, 11) is 0. The van der Waals surface area contributed by atoms with Crippen LogP contribution >= 0.6 is 0 Å². The second-order valence-corrected chi connectivity index (χ2v) is 3.96. The molecule has 2 amide bonds. The van der Waals surface area contributed by atoms with Crippen molar-refractivity contribution in [3.05, 3.63) is 30.1 Å². The summed E-state index contributed by atoms with van der Waals surface area (Å²) in [6, 6.07) is 3.92. The summed E-state index contributed by atoms with van der Waals surface area (Å²) in [6.07, 6.45) is 6.21. The highest BCUT2D eigenvalue weighted by Crippen LogP contribution is 2.04. The van der Waals surface area contributed by atoms with E-state index in [1.54, 1.807) is 12.4 Å². The zero-order chi connectivity index (χ0) is 14.5. The van der Waals surface area contributed by atoms with Crippen molar-refractivity contribution in [2.45, 2.75) is 33.1 Å². The summed E-state index contributed by atoms with van der Waals surface area (Å²) in [6.45, 7) is 5.80. The molecule has 0 spiro atoms. The third kappa shape index (κ3) is 7.91. The number of primary amides is 1. The number of aromatic nitrogens is 1. The molecule has 5 nitrogen and oxygen atoms in total. The van der Waals surface area contributed by atoms with Gasteiger partial charge in [0, 0.05) is 31.9 Å². The van der Waals surface area contributed by atoms with Crippen molar-refractivity contribution >= 4 is 12.3 Å². The van der Waals surface area contributed by atoms with Gasteiger partial charge in [0.05, 0.1) is 0 Å². The van der Waals surface area contributed by atoms with Crippen LogP contribution < -0.4 is 5.73 Å². The highest BCUT2D eigenvalue weighted by Gasteiger charge is 2.09. The van der Waals surface area contributed by atoms with Gasteiger partial charge in [-0.25, -0.2) is 0 Å². The summed E-state index contributed by atoms with van der Waals surface area (Å²) in [5.74, 6) is 0.251. The monoisotopic (exact) mass is 265 g/mol. The molecule has 0 bridgehead atoms. The number of hydrogen-bond donors (Lipinski definition) is 1. The van der Waals surface area contributed by atoms with E-state index in [-0.39, 0.29) is 12.3 Å². The molecule has 1 aromatic rings. The SMILES string of the molecule is CCCN(CC)C(=O)CCc1ccncc1.NC=O. The Morgan fingerprint density at radius 3 is 2.42 bits per heavy atom. The quantitative estimate of drug-likeness (QED) is 0.789. The molecule has 0 atom stereocenters. The van der Waals surface area contributed by atoms with Crippen molar-refractivity contribution in [3.8, 4) is 0 Å². The largest absolute Gasteiger partial charge is 0.372 e. The van der Waals surface area contributed by atoms with Crippen LogP contribution in [0.2, 0.25) is 0 Å². The smallest absolute Gasteiger partial charge is 0.222 e. The van der Waals surface area contributed by atoms with Gasteiger partial charge in [-0.1, -0.05) is 6.92 Å². The molecule has 2 N–H and O–H groups in total. The number of nitrogens with two attached hydrogens (primary N) is 1. The van der Waals surface area contributed by atoms with Crippen molar-refractivity contribution in [1.82, 2.24) is 9.88 Å². The Balaban J connectivity index is 0.000000982. The van der Waals surface area contributed by atoms with E-state index in [9.17, 15) is 4.79 Å². The number of carbonyl (C=O) groups excluding carboxylic acids is 2. The number of nitrogens with zero attached hydrogens (tertiary/aromatic N) is 2. The van der Waals surface area contributed by atoms with Crippen molar-refractivity contribution < 1.29 is 9.59 Å². The lowest BCUT2D eigenvalue weighted by Crippen LogP contribution is -2.31. The summed E-state index contributed by atoms with van der Waals surface area (Å²) in [5.41, 5.74) is 5.34. The maximum absolute atomic E-state index is 11.8. The van der Waals surface area contributed by atoms with Crippen molar-refractivity contribution in [1.29, 1.82) is 0 Å². The lowest BCUT2D eigenvalue weighted by Gasteiger charge is -2.19. The Morgan fingerprint density at radius 1 is 1.37 bits per heavy atom. The van der Waals surface area contributed by atoms with E-state index >= 15 is 0 Å². The standard InChI is InChI=1S/C13H20N2O.CH3NO/c1-3-11-15(4-2)13(16)6-5-12-7-9-14-10-8-12;2-1-3/h7-10H,3-6,11H2,1-2H3;1H,(H2,2,3). The lowest BCUT2D eigenvalue weighted by atomic mass is 10.1. The average Bonchev–Trinajstić information content (AvgIpc) is 2.44. The van der Waals surface area contributed by atoms with Crippen LogP contribution in [0.4, 0.5) is 0 Å². The number of rotatable bonds is 6. The number of aryl methyl sites for hydroxylation is 1. The van der Waals surface area contributed by atoms with Crippen LogP contribution in [0.25, 0.3) is 0 Å². The van der Waals surface area contributed by atoms with Gasteiger partial charge >= 0.3 is 0 Å². The minimum atomic E-state index is 0.250. The van der Waals surface area contributed by atoms with Crippen molar-refractivity contribution in [3.63, 3.8) is 0 Å². The molecule has 0 aliphatic rings. The average molecular weight is 265 g/mol. The van der Waals surface area contributed by atoms with E-state index in [2.05, 4.69) is 17.6 Å². The first-order chi connectivity index (χ1) is 9.19. The van der Waals surface area contributed by atoms with Crippen LogP contribution in [0.5, 0.6) is 0 Å². The Kier molecular flexibility index (Phi) is 10.1. The van der Waals surface area contributed by atoms with Gasteiger partial charge in [-0.2, -0.15) is 0 Å². The third-order valence-electron chi connectivity index (χ3n) is 2.60. The fourth-order valence-corrected chi connectivity index (χ4v) is 1.69. The molecule has 0 aromatic carbocycles. The van der Waals surface area contributed by atoms with Gasteiger partial charge in [0.15, 0.2) is 0 Å². The molecule has 1 aromatic heterocycles. The molecule has 0 saturated heterocycles. The summed E-state index contributed by atoms with van der Waals surface area (Å²) < 4.78 is 0. The molecule has 0 unspecified atom stereocenters. The maximum Gasteiger partial charge on any atom is 0.222 e. The van der Waals surface area contributed by atoms with E-state index in [1.807, 2.05) is 24.0 Å². The van der Waals surface area contributed by atoms with Crippen LogP contribution in [0, 0.1) is 0 Å². The number of hydrogen-bond acceptors (Lipinski definition) is 3. The summed E-state index contributed by atoms with van der Waals surface area (Å²) in [5, 5.41) is 0. The van der Waals surface area contributed by atoms with Crippen molar-refractivity contribution in [2.75, 3.05) is 13.1 Å². The molecule has 0 saturated carbocycles. The van der Waals surface area contributed by atoms with Crippen LogP contribution in [0.15, 0.2) is 24.5 Å². The Bertz CT molecular complexity index is 355. The third-order valence-corrected chi connectivity index (χ3v) is 2.60. The minimum absolute atomic E-state index is 0.250. The molecule has 0 aliphatic heterocycles. The van der Waals surface area contributed by atoms with E-state index in [0.29, 0.717) is 6.42 Å². The summed E-state index contributed by atoms with van der Waals surface area (Å²) >= 11 is 0. The van der Waals surface area contributed by atoms with Gasteiger partial charge in [0.25, 0.3) is 0 Å². The summed E-state index contributed by atoms with van der Waals surface area (Å²) in [4.78, 5) is 26.3. The van der Waals surface area contributed by atoms with Crippen LogP contribution in [-0.2, 0) is 16.0 Å². The Labute approximate surface area is 114 Å². The first kappa shape index (κ1) is 17.1. The highest BCUT2D eigenvalue weighted by molar-refractivity contribution is 5.76. The van der Waals surface area contributed by atoms with Crippen LogP contribution in [0.1, 0.15) is 32.3 Å². The predicted molar refractivity (Wildman–Crippen MR) is 75.4 cm³/mol. The molecule has 0 aliphatic carbocycles. The van der Waals surface area contributed by atoms with Crippen LogP contribution in [-0.4, -0.2) is 35.3 Å². The normalized spacial score (nSPS) is 9.16. The molecule has 0 radical (unpaired) electrons. The number of carbonyl (C=O) groups is 2. The molecule has 1 rings (SSSR count). The molecule has 106 valence electrons. The fraction of sp³-hybridized carbons (Fsp3) is 0.500. The molecular formula is C14H23N3O2. The van der Waals surface area contributed by atoms with Gasteiger partial charge in [-0.15, -0.1) is 0 Å². The van der Waals surface area contributed by atoms with Gasteiger partial charge in [-0.05, 0) is 37.5 Å². The maximum atomic E-state index is 11.8. The zero-order valence-electron chi connectivity index (χ0n) is 11.7. The predicted octanol–water partition coefficient (Wildman–Crippen LogP) is 1.37. The zero-order valence-corrected chi connectivity index (χ0v) is 11.7. The Hall–Kier alpha value is -1.91. The molecule has 0 fully saturated rings. The van der Waals surface area contributed by atoms with Crippen LogP contribution in [0.3, 0.4) is 0 Å². The molecule has 1 heterocycles. The van der Waals surface area contributed by atoms with E-state index in [4.69, 9.17) is 4.79 Å².